The van der Waals surface area contributed by atoms with Gasteiger partial charge in [0.25, 0.3) is 0 Å². The number of hydrogen-bond acceptors (Lipinski definition) is 6. The van der Waals surface area contributed by atoms with E-state index in [1.54, 1.807) is 19.9 Å². The lowest BCUT2D eigenvalue weighted by Gasteiger charge is -2.29. The molecule has 2 N–H and O–H groups in total. The molecule has 6 nitrogen and oxygen atoms in total. The smallest absolute Gasteiger partial charge is 0.320 e. The monoisotopic (exact) mass is 375 g/mol. The van der Waals surface area contributed by atoms with Crippen LogP contribution in [0.25, 0.3) is 0 Å². The fourth-order valence-electron chi connectivity index (χ4n) is 3.51. The number of esters is 2. The summed E-state index contributed by atoms with van der Waals surface area (Å²) >= 11 is 0. The topological polar surface area (TPSA) is 95.7 Å². The van der Waals surface area contributed by atoms with E-state index >= 15 is 0 Å². The molecule has 1 fully saturated rings. The van der Waals surface area contributed by atoms with Crippen molar-refractivity contribution < 1.29 is 23.9 Å². The maximum atomic E-state index is 12.4. The van der Waals surface area contributed by atoms with Gasteiger partial charge in [0, 0.05) is 11.6 Å². The molecule has 0 aromatic heterocycles. The second-order valence-corrected chi connectivity index (χ2v) is 6.92. The van der Waals surface area contributed by atoms with Crippen LogP contribution >= 0.6 is 0 Å². The van der Waals surface area contributed by atoms with Gasteiger partial charge in [0.05, 0.1) is 6.61 Å². The number of carbonyl (C=O) groups is 3. The van der Waals surface area contributed by atoms with Crippen molar-refractivity contribution in [2.45, 2.75) is 57.9 Å². The summed E-state index contributed by atoms with van der Waals surface area (Å²) in [6.45, 7) is 3.17. The summed E-state index contributed by atoms with van der Waals surface area (Å²) in [6.07, 6.45) is 4.56. The Hall–Kier alpha value is -2.21. The molecule has 27 heavy (non-hydrogen) atoms. The molecule has 0 bridgehead atoms. The molecule has 3 unspecified atom stereocenters. The predicted octanol–water partition coefficient (Wildman–Crippen LogP) is 2.99. The van der Waals surface area contributed by atoms with Crippen LogP contribution in [0.3, 0.4) is 0 Å². The first kappa shape index (κ1) is 21.1. The third kappa shape index (κ3) is 5.63. The first-order valence-corrected chi connectivity index (χ1v) is 9.69. The number of rotatable bonds is 8. The van der Waals surface area contributed by atoms with Crippen LogP contribution in [0.2, 0.25) is 0 Å². The minimum Gasteiger partial charge on any atom is -0.465 e. The average molecular weight is 375 g/mol. The van der Waals surface area contributed by atoms with Gasteiger partial charge in [-0.25, -0.2) is 0 Å². The van der Waals surface area contributed by atoms with Gasteiger partial charge in [-0.15, -0.1) is 0 Å². The Balaban J connectivity index is 1.98. The highest BCUT2D eigenvalue weighted by atomic mass is 16.6. The number of Topliss-reactive ketones (excluding diaryl/α,β-unsaturated/α-hetero) is 1. The molecule has 1 aromatic carbocycles. The Morgan fingerprint density at radius 2 is 1.81 bits per heavy atom. The lowest BCUT2D eigenvalue weighted by Crippen LogP contribution is -2.31. The molecule has 1 aliphatic carbocycles. The summed E-state index contributed by atoms with van der Waals surface area (Å²) in [5.41, 5.74) is 7.78. The molecule has 1 aromatic rings. The Morgan fingerprint density at radius 1 is 1.11 bits per heavy atom. The zero-order valence-corrected chi connectivity index (χ0v) is 16.1. The highest BCUT2D eigenvalue weighted by Crippen LogP contribution is 2.32. The molecule has 2 rings (SSSR count). The number of hydrogen-bond donors (Lipinski definition) is 1. The summed E-state index contributed by atoms with van der Waals surface area (Å²) in [7, 11) is 0. The van der Waals surface area contributed by atoms with Crippen molar-refractivity contribution in [3.63, 3.8) is 0 Å². The predicted molar refractivity (Wildman–Crippen MR) is 101 cm³/mol. The third-order valence-corrected chi connectivity index (χ3v) is 5.07. The molecule has 3 atom stereocenters. The van der Waals surface area contributed by atoms with Gasteiger partial charge in [-0.3, -0.25) is 14.4 Å². The second kappa shape index (κ2) is 10.2. The summed E-state index contributed by atoms with van der Waals surface area (Å²) in [5, 5.41) is 0. The van der Waals surface area contributed by atoms with Crippen molar-refractivity contribution in [3.05, 3.63) is 35.4 Å². The van der Waals surface area contributed by atoms with Crippen LogP contribution in [-0.4, -0.2) is 37.0 Å². The zero-order valence-electron chi connectivity index (χ0n) is 16.1. The van der Waals surface area contributed by atoms with Gasteiger partial charge in [0.1, 0.15) is 0 Å². The summed E-state index contributed by atoms with van der Waals surface area (Å²) in [6, 6.07) is 7.48. The summed E-state index contributed by atoms with van der Waals surface area (Å²) in [5.74, 6) is -2.39. The van der Waals surface area contributed by atoms with E-state index in [0.29, 0.717) is 5.56 Å². The molecule has 0 aliphatic heterocycles. The average Bonchev–Trinajstić information content (AvgIpc) is 2.67. The van der Waals surface area contributed by atoms with Gasteiger partial charge in [0.2, 0.25) is 0 Å². The van der Waals surface area contributed by atoms with Crippen LogP contribution in [0.1, 0.15) is 67.8 Å². The largest absolute Gasteiger partial charge is 0.465 e. The summed E-state index contributed by atoms with van der Waals surface area (Å²) < 4.78 is 9.94. The van der Waals surface area contributed by atoms with Gasteiger partial charge in [0.15, 0.2) is 18.3 Å². The highest BCUT2D eigenvalue weighted by molar-refractivity contribution is 6.00. The number of ether oxygens (including phenoxy) is 2. The zero-order chi connectivity index (χ0) is 19.8. The Morgan fingerprint density at radius 3 is 2.48 bits per heavy atom. The van der Waals surface area contributed by atoms with Gasteiger partial charge >= 0.3 is 11.9 Å². The van der Waals surface area contributed by atoms with Gasteiger partial charge in [-0.1, -0.05) is 38.0 Å². The van der Waals surface area contributed by atoms with Crippen molar-refractivity contribution in [3.8, 4) is 0 Å². The van der Waals surface area contributed by atoms with E-state index in [0.717, 1.165) is 31.2 Å². The third-order valence-electron chi connectivity index (χ3n) is 5.07. The molecule has 0 radical (unpaired) electrons. The standard InChI is InChI=1S/C21H29NO5/c1-3-16(20(24)26-4-2)21(25)27-13-19(23)15-9-7-8-14(12-15)17-10-5-6-11-18(17)22/h7-9,12,16-18H,3-6,10-11,13,22H2,1-2H3. The SMILES string of the molecule is CCOC(=O)C(CC)C(=O)OCC(=O)c1cccc(C2CCCCC2N)c1. The van der Waals surface area contributed by atoms with Crippen LogP contribution in [0.4, 0.5) is 0 Å². The number of benzene rings is 1. The summed E-state index contributed by atoms with van der Waals surface area (Å²) in [4.78, 5) is 36.3. The Bertz CT molecular complexity index is 672. The molecular formula is C21H29NO5. The van der Waals surface area contributed by atoms with Gasteiger partial charge < -0.3 is 15.2 Å². The van der Waals surface area contributed by atoms with E-state index in [1.165, 1.54) is 0 Å². The van der Waals surface area contributed by atoms with E-state index < -0.39 is 24.5 Å². The van der Waals surface area contributed by atoms with Crippen molar-refractivity contribution in [2.75, 3.05) is 13.2 Å². The van der Waals surface area contributed by atoms with Crippen LogP contribution in [0, 0.1) is 5.92 Å². The normalized spacial score (nSPS) is 20.6. The molecule has 0 heterocycles. The molecule has 148 valence electrons. The highest BCUT2D eigenvalue weighted by Gasteiger charge is 2.28. The lowest BCUT2D eigenvalue weighted by molar-refractivity contribution is -0.161. The van der Waals surface area contributed by atoms with Crippen molar-refractivity contribution in [2.24, 2.45) is 11.7 Å². The molecule has 6 heteroatoms. The lowest BCUT2D eigenvalue weighted by atomic mass is 9.80. The number of ketones is 1. The van der Waals surface area contributed by atoms with Crippen molar-refractivity contribution in [1.29, 1.82) is 0 Å². The molecule has 0 amide bonds. The van der Waals surface area contributed by atoms with Crippen molar-refractivity contribution >= 4 is 17.7 Å². The molecule has 0 saturated heterocycles. The van der Waals surface area contributed by atoms with E-state index in [9.17, 15) is 14.4 Å². The minimum atomic E-state index is -0.996. The molecule has 1 aliphatic rings. The van der Waals surface area contributed by atoms with E-state index in [1.807, 2.05) is 18.2 Å². The minimum absolute atomic E-state index is 0.108. The van der Waals surface area contributed by atoms with Crippen LogP contribution in [0.15, 0.2) is 24.3 Å². The fourth-order valence-corrected chi connectivity index (χ4v) is 3.51. The Labute approximate surface area is 160 Å². The van der Waals surface area contributed by atoms with Crippen LogP contribution in [0.5, 0.6) is 0 Å². The fraction of sp³-hybridized carbons (Fsp3) is 0.571. The molecule has 0 spiro atoms. The van der Waals surface area contributed by atoms with Crippen molar-refractivity contribution in [1.82, 2.24) is 0 Å². The maximum absolute atomic E-state index is 12.4. The number of carbonyl (C=O) groups excluding carboxylic acids is 3. The second-order valence-electron chi connectivity index (χ2n) is 6.92. The van der Waals surface area contributed by atoms with E-state index in [2.05, 4.69) is 0 Å². The van der Waals surface area contributed by atoms with E-state index in [-0.39, 0.29) is 30.8 Å². The first-order valence-electron chi connectivity index (χ1n) is 9.69. The van der Waals surface area contributed by atoms with Gasteiger partial charge in [-0.05, 0) is 43.7 Å². The first-order chi connectivity index (χ1) is 13.0. The number of nitrogens with two attached hydrogens (primary N) is 1. The quantitative estimate of drug-likeness (QED) is 0.426. The molecular weight excluding hydrogens is 346 g/mol. The maximum Gasteiger partial charge on any atom is 0.320 e. The van der Waals surface area contributed by atoms with E-state index in [4.69, 9.17) is 15.2 Å². The Kier molecular flexibility index (Phi) is 7.98. The van der Waals surface area contributed by atoms with Gasteiger partial charge in [-0.2, -0.15) is 0 Å². The molecule has 1 saturated carbocycles. The van der Waals surface area contributed by atoms with Crippen LogP contribution in [-0.2, 0) is 19.1 Å². The van der Waals surface area contributed by atoms with Crippen LogP contribution < -0.4 is 5.73 Å².